The van der Waals surface area contributed by atoms with E-state index >= 15 is 0 Å². The number of hydrogen-bond acceptors (Lipinski definition) is 2. The Morgan fingerprint density at radius 2 is 1.58 bits per heavy atom. The van der Waals surface area contributed by atoms with Crippen LogP contribution in [-0.2, 0) is 11.3 Å². The van der Waals surface area contributed by atoms with Gasteiger partial charge in [-0.3, -0.25) is 0 Å². The molecule has 0 fully saturated rings. The molecule has 0 aliphatic heterocycles. The quantitative estimate of drug-likeness (QED) is 0.735. The van der Waals surface area contributed by atoms with E-state index in [9.17, 15) is 4.79 Å². The average Bonchev–Trinajstić information content (AvgIpc) is 2.54. The first kappa shape index (κ1) is 18.1. The standard InChI is InChI=1S/C21H27NO2/c1-15(2)22(16(3)4)21(23)24-14-19-12-9-13-20(17(19)5)18-10-7-6-8-11-18/h6-13,15-16H,14H2,1-5H3. The van der Waals surface area contributed by atoms with Crippen LogP contribution in [-0.4, -0.2) is 23.1 Å². The summed E-state index contributed by atoms with van der Waals surface area (Å²) >= 11 is 0. The second kappa shape index (κ2) is 8.00. The average molecular weight is 325 g/mol. The maximum absolute atomic E-state index is 12.4. The number of rotatable bonds is 5. The molecule has 0 aliphatic rings. The minimum atomic E-state index is -0.260. The van der Waals surface area contributed by atoms with Crippen LogP contribution >= 0.6 is 0 Å². The highest BCUT2D eigenvalue weighted by atomic mass is 16.6. The molecule has 0 saturated carbocycles. The molecule has 0 bridgehead atoms. The van der Waals surface area contributed by atoms with Crippen LogP contribution < -0.4 is 0 Å². The largest absolute Gasteiger partial charge is 0.445 e. The molecule has 0 radical (unpaired) electrons. The highest BCUT2D eigenvalue weighted by Gasteiger charge is 2.21. The van der Waals surface area contributed by atoms with Crippen molar-refractivity contribution in [1.82, 2.24) is 4.90 Å². The molecule has 24 heavy (non-hydrogen) atoms. The zero-order chi connectivity index (χ0) is 17.7. The highest BCUT2D eigenvalue weighted by Crippen LogP contribution is 2.26. The van der Waals surface area contributed by atoms with Crippen molar-refractivity contribution in [3.05, 3.63) is 59.7 Å². The molecule has 0 aliphatic carbocycles. The molecular formula is C21H27NO2. The normalized spacial score (nSPS) is 11.0. The number of benzene rings is 2. The highest BCUT2D eigenvalue weighted by molar-refractivity contribution is 5.70. The van der Waals surface area contributed by atoms with Gasteiger partial charge >= 0.3 is 6.09 Å². The SMILES string of the molecule is Cc1c(COC(=O)N(C(C)C)C(C)C)cccc1-c1ccccc1. The summed E-state index contributed by atoms with van der Waals surface area (Å²) in [6.07, 6.45) is -0.260. The van der Waals surface area contributed by atoms with Crippen LogP contribution in [0.3, 0.4) is 0 Å². The van der Waals surface area contributed by atoms with E-state index in [4.69, 9.17) is 4.74 Å². The Kier molecular flexibility index (Phi) is 6.02. The minimum absolute atomic E-state index is 0.120. The van der Waals surface area contributed by atoms with Crippen molar-refractivity contribution in [2.24, 2.45) is 0 Å². The first-order valence-electron chi connectivity index (χ1n) is 8.50. The lowest BCUT2D eigenvalue weighted by atomic mass is 9.97. The summed E-state index contributed by atoms with van der Waals surface area (Å²) in [5.41, 5.74) is 4.54. The van der Waals surface area contributed by atoms with Gasteiger partial charge in [-0.05, 0) is 56.9 Å². The van der Waals surface area contributed by atoms with Gasteiger partial charge in [0, 0.05) is 12.1 Å². The summed E-state index contributed by atoms with van der Waals surface area (Å²) in [6.45, 7) is 10.4. The number of ether oxygens (including phenoxy) is 1. The fourth-order valence-corrected chi connectivity index (χ4v) is 3.00. The van der Waals surface area contributed by atoms with Crippen LogP contribution in [0.2, 0.25) is 0 Å². The molecule has 128 valence electrons. The third-order valence-corrected chi connectivity index (χ3v) is 4.21. The Balaban J connectivity index is 2.15. The third-order valence-electron chi connectivity index (χ3n) is 4.21. The van der Waals surface area contributed by atoms with E-state index in [0.29, 0.717) is 6.61 Å². The predicted molar refractivity (Wildman–Crippen MR) is 98.9 cm³/mol. The molecule has 1 amide bonds. The Labute approximate surface area is 145 Å². The molecule has 0 atom stereocenters. The number of carbonyl (C=O) groups is 1. The van der Waals surface area contributed by atoms with E-state index in [0.717, 1.165) is 11.1 Å². The predicted octanol–water partition coefficient (Wildman–Crippen LogP) is 5.42. The van der Waals surface area contributed by atoms with Crippen molar-refractivity contribution in [3.63, 3.8) is 0 Å². The van der Waals surface area contributed by atoms with Gasteiger partial charge < -0.3 is 9.64 Å². The van der Waals surface area contributed by atoms with Gasteiger partial charge in [0.05, 0.1) is 0 Å². The summed E-state index contributed by atoms with van der Waals surface area (Å²) in [4.78, 5) is 14.1. The second-order valence-electron chi connectivity index (χ2n) is 6.61. The minimum Gasteiger partial charge on any atom is -0.445 e. The first-order chi connectivity index (χ1) is 11.4. The van der Waals surface area contributed by atoms with Crippen molar-refractivity contribution in [3.8, 4) is 11.1 Å². The summed E-state index contributed by atoms with van der Waals surface area (Å²) in [7, 11) is 0. The molecule has 0 spiro atoms. The zero-order valence-corrected chi connectivity index (χ0v) is 15.2. The topological polar surface area (TPSA) is 29.5 Å². The van der Waals surface area contributed by atoms with Crippen molar-refractivity contribution in [1.29, 1.82) is 0 Å². The van der Waals surface area contributed by atoms with Gasteiger partial charge in [-0.25, -0.2) is 4.79 Å². The van der Waals surface area contributed by atoms with Crippen LogP contribution in [0.25, 0.3) is 11.1 Å². The maximum Gasteiger partial charge on any atom is 0.410 e. The molecule has 2 rings (SSSR count). The van der Waals surface area contributed by atoms with E-state index in [1.165, 1.54) is 11.1 Å². The van der Waals surface area contributed by atoms with Crippen molar-refractivity contribution in [2.45, 2.75) is 53.3 Å². The van der Waals surface area contributed by atoms with E-state index in [-0.39, 0.29) is 18.2 Å². The lowest BCUT2D eigenvalue weighted by Crippen LogP contribution is -2.42. The maximum atomic E-state index is 12.4. The fourth-order valence-electron chi connectivity index (χ4n) is 3.00. The summed E-state index contributed by atoms with van der Waals surface area (Å²) in [5.74, 6) is 0. The first-order valence-corrected chi connectivity index (χ1v) is 8.50. The fraction of sp³-hybridized carbons (Fsp3) is 0.381. The molecule has 0 aromatic heterocycles. The lowest BCUT2D eigenvalue weighted by molar-refractivity contribution is 0.0737. The summed E-state index contributed by atoms with van der Waals surface area (Å²) in [5, 5.41) is 0. The summed E-state index contributed by atoms with van der Waals surface area (Å²) < 4.78 is 5.57. The zero-order valence-electron chi connectivity index (χ0n) is 15.2. The van der Waals surface area contributed by atoms with Gasteiger partial charge in [-0.15, -0.1) is 0 Å². The molecule has 0 unspecified atom stereocenters. The van der Waals surface area contributed by atoms with Crippen LogP contribution in [0.4, 0.5) is 4.79 Å². The van der Waals surface area contributed by atoms with Gasteiger partial charge in [-0.1, -0.05) is 48.5 Å². The molecule has 0 saturated heterocycles. The smallest absolute Gasteiger partial charge is 0.410 e. The van der Waals surface area contributed by atoms with E-state index < -0.39 is 0 Å². The molecule has 3 heteroatoms. The van der Waals surface area contributed by atoms with Crippen molar-refractivity contribution in [2.75, 3.05) is 0 Å². The second-order valence-corrected chi connectivity index (χ2v) is 6.61. The molecule has 0 heterocycles. The molecular weight excluding hydrogens is 298 g/mol. The van der Waals surface area contributed by atoms with Gasteiger partial charge in [0.15, 0.2) is 0 Å². The van der Waals surface area contributed by atoms with Gasteiger partial charge in [0.2, 0.25) is 0 Å². The molecule has 3 nitrogen and oxygen atoms in total. The van der Waals surface area contributed by atoms with Crippen molar-refractivity contribution < 1.29 is 9.53 Å². The number of amides is 1. The monoisotopic (exact) mass is 325 g/mol. The number of nitrogens with zero attached hydrogens (tertiary/aromatic N) is 1. The van der Waals surface area contributed by atoms with Crippen LogP contribution in [0.15, 0.2) is 48.5 Å². The van der Waals surface area contributed by atoms with Crippen LogP contribution in [0, 0.1) is 6.92 Å². The number of hydrogen-bond donors (Lipinski definition) is 0. The van der Waals surface area contributed by atoms with Crippen molar-refractivity contribution >= 4 is 6.09 Å². The Morgan fingerprint density at radius 3 is 2.17 bits per heavy atom. The van der Waals surface area contributed by atoms with E-state index in [1.54, 1.807) is 4.90 Å². The third kappa shape index (κ3) is 4.16. The van der Waals surface area contributed by atoms with E-state index in [2.05, 4.69) is 25.1 Å². The van der Waals surface area contributed by atoms with Gasteiger partial charge in [0.1, 0.15) is 6.61 Å². The lowest BCUT2D eigenvalue weighted by Gasteiger charge is -2.29. The van der Waals surface area contributed by atoms with E-state index in [1.807, 2.05) is 58.0 Å². The molecule has 0 N–H and O–H groups in total. The Morgan fingerprint density at radius 1 is 0.958 bits per heavy atom. The summed E-state index contributed by atoms with van der Waals surface area (Å²) in [6, 6.07) is 16.6. The van der Waals surface area contributed by atoms with Crippen LogP contribution in [0.5, 0.6) is 0 Å². The number of carbonyl (C=O) groups excluding carboxylic acids is 1. The van der Waals surface area contributed by atoms with Gasteiger partial charge in [-0.2, -0.15) is 0 Å². The Hall–Kier alpha value is -2.29. The molecule has 2 aromatic carbocycles. The van der Waals surface area contributed by atoms with Gasteiger partial charge in [0.25, 0.3) is 0 Å². The Bertz CT molecular complexity index is 669. The molecule has 2 aromatic rings. The van der Waals surface area contributed by atoms with Crippen LogP contribution in [0.1, 0.15) is 38.8 Å².